The lowest BCUT2D eigenvalue weighted by molar-refractivity contribution is -0.387. The first kappa shape index (κ1) is 13.6. The third-order valence-electron chi connectivity index (χ3n) is 1.81. The van der Waals surface area contributed by atoms with E-state index in [2.05, 4.69) is 4.74 Å². The molecule has 0 aromatic heterocycles. The van der Waals surface area contributed by atoms with Crippen molar-refractivity contribution in [2.45, 2.75) is 6.92 Å². The van der Waals surface area contributed by atoms with Gasteiger partial charge in [0.1, 0.15) is 5.82 Å². The van der Waals surface area contributed by atoms with E-state index in [-0.39, 0.29) is 6.61 Å². The van der Waals surface area contributed by atoms with Gasteiger partial charge in [0.25, 0.3) is 0 Å². The van der Waals surface area contributed by atoms with Crippen LogP contribution in [0.5, 0.6) is 0 Å². The monoisotopic (exact) mass is 255 g/mol. The molecule has 0 spiro atoms. The highest BCUT2D eigenvalue weighted by Gasteiger charge is 2.17. The number of esters is 1. The van der Waals surface area contributed by atoms with Crippen molar-refractivity contribution in [3.05, 3.63) is 39.4 Å². The van der Waals surface area contributed by atoms with Crippen LogP contribution in [0.2, 0.25) is 0 Å². The summed E-state index contributed by atoms with van der Waals surface area (Å²) in [5.41, 5.74) is -1.44. The maximum atomic E-state index is 13.3. The Kier molecular flexibility index (Phi) is 4.32. The van der Waals surface area contributed by atoms with Gasteiger partial charge in [-0.1, -0.05) is 5.92 Å². The average molecular weight is 255 g/mol. The van der Waals surface area contributed by atoms with Crippen molar-refractivity contribution in [2.24, 2.45) is 0 Å². The summed E-state index contributed by atoms with van der Waals surface area (Å²) < 4.78 is 30.9. The van der Waals surface area contributed by atoms with Crippen LogP contribution < -0.4 is 0 Å². The molecule has 18 heavy (non-hydrogen) atoms. The number of carbonyl (C=O) groups is 1. The first-order valence-corrected chi connectivity index (χ1v) is 4.78. The van der Waals surface area contributed by atoms with Gasteiger partial charge < -0.3 is 4.74 Å². The van der Waals surface area contributed by atoms with E-state index in [1.54, 1.807) is 6.92 Å². The van der Waals surface area contributed by atoms with E-state index in [0.717, 1.165) is 0 Å². The van der Waals surface area contributed by atoms with Gasteiger partial charge in [-0.05, 0) is 13.0 Å². The second-order valence-electron chi connectivity index (χ2n) is 3.01. The zero-order chi connectivity index (χ0) is 13.7. The van der Waals surface area contributed by atoms with E-state index in [0.29, 0.717) is 12.1 Å². The van der Waals surface area contributed by atoms with Crippen LogP contribution in [0.3, 0.4) is 0 Å². The normalized spacial score (nSPS) is 9.28. The number of carbonyl (C=O) groups excluding carboxylic acids is 1. The highest BCUT2D eigenvalue weighted by Crippen LogP contribution is 2.20. The third-order valence-corrected chi connectivity index (χ3v) is 1.81. The number of hydrogen-bond donors (Lipinski definition) is 0. The molecule has 1 rings (SSSR count). The molecule has 0 aliphatic rings. The Labute approximate surface area is 101 Å². The van der Waals surface area contributed by atoms with Crippen LogP contribution in [-0.4, -0.2) is 17.5 Å². The first-order chi connectivity index (χ1) is 8.45. The second kappa shape index (κ2) is 5.72. The number of rotatable bonds is 2. The van der Waals surface area contributed by atoms with Crippen LogP contribution in [0, 0.1) is 33.6 Å². The smallest absolute Gasteiger partial charge is 0.384 e. The maximum absolute atomic E-state index is 13.3. The molecular weight excluding hydrogens is 248 g/mol. The number of nitro benzene ring substituents is 1. The summed E-state index contributed by atoms with van der Waals surface area (Å²) in [4.78, 5) is 20.1. The van der Waals surface area contributed by atoms with Crippen LogP contribution in [0.15, 0.2) is 12.1 Å². The highest BCUT2D eigenvalue weighted by atomic mass is 19.1. The quantitative estimate of drug-likeness (QED) is 0.349. The maximum Gasteiger partial charge on any atom is 0.384 e. The number of benzene rings is 1. The Balaban J connectivity index is 3.09. The molecule has 0 saturated heterocycles. The fraction of sp³-hybridized carbons (Fsp3) is 0.182. The SMILES string of the molecule is CCOC(=O)C#Cc1cc(F)c([N+](=O)[O-])cc1F. The lowest BCUT2D eigenvalue weighted by Crippen LogP contribution is -2.00. The molecule has 0 fully saturated rings. The van der Waals surface area contributed by atoms with Crippen molar-refractivity contribution in [3.63, 3.8) is 0 Å². The molecule has 1 aromatic rings. The number of nitrogens with zero attached hydrogens (tertiary/aromatic N) is 1. The zero-order valence-corrected chi connectivity index (χ0v) is 9.20. The van der Waals surface area contributed by atoms with Gasteiger partial charge in [0.05, 0.1) is 23.2 Å². The molecule has 0 amide bonds. The number of halogens is 2. The van der Waals surface area contributed by atoms with E-state index >= 15 is 0 Å². The summed E-state index contributed by atoms with van der Waals surface area (Å²) in [6.07, 6.45) is 0. The number of nitro groups is 1. The summed E-state index contributed by atoms with van der Waals surface area (Å²) in [6, 6.07) is 0.962. The molecule has 0 atom stereocenters. The Bertz CT molecular complexity index is 560. The Morgan fingerprint density at radius 1 is 1.44 bits per heavy atom. The standard InChI is InChI=1S/C11H7F2NO4/c1-2-18-11(15)4-3-7-5-9(13)10(14(16)17)6-8(7)12/h5-6H,2H2,1H3. The van der Waals surface area contributed by atoms with Crippen molar-refractivity contribution >= 4 is 11.7 Å². The topological polar surface area (TPSA) is 69.4 Å². The molecule has 0 bridgehead atoms. The van der Waals surface area contributed by atoms with Crippen LogP contribution >= 0.6 is 0 Å². The summed E-state index contributed by atoms with van der Waals surface area (Å²) in [5.74, 6) is 0.768. The third kappa shape index (κ3) is 3.25. The minimum atomic E-state index is -1.23. The van der Waals surface area contributed by atoms with Crippen molar-refractivity contribution in [3.8, 4) is 11.8 Å². The van der Waals surface area contributed by atoms with Gasteiger partial charge in [0.2, 0.25) is 5.82 Å². The molecule has 0 saturated carbocycles. The number of ether oxygens (including phenoxy) is 1. The molecule has 5 nitrogen and oxygen atoms in total. The largest absolute Gasteiger partial charge is 0.456 e. The minimum Gasteiger partial charge on any atom is -0.456 e. The molecule has 0 aliphatic carbocycles. The van der Waals surface area contributed by atoms with Gasteiger partial charge in [-0.25, -0.2) is 9.18 Å². The van der Waals surface area contributed by atoms with Gasteiger partial charge in [-0.3, -0.25) is 10.1 Å². The van der Waals surface area contributed by atoms with Gasteiger partial charge in [-0.15, -0.1) is 0 Å². The van der Waals surface area contributed by atoms with E-state index < -0.39 is 33.8 Å². The number of hydrogen-bond acceptors (Lipinski definition) is 4. The van der Waals surface area contributed by atoms with Crippen LogP contribution in [0.1, 0.15) is 12.5 Å². The average Bonchev–Trinajstić information content (AvgIpc) is 2.29. The molecule has 0 N–H and O–H groups in total. The first-order valence-electron chi connectivity index (χ1n) is 4.78. The minimum absolute atomic E-state index is 0.102. The second-order valence-corrected chi connectivity index (χ2v) is 3.01. The van der Waals surface area contributed by atoms with Gasteiger partial charge in [0, 0.05) is 5.92 Å². The Morgan fingerprint density at radius 2 is 2.11 bits per heavy atom. The Morgan fingerprint density at radius 3 is 2.67 bits per heavy atom. The lowest BCUT2D eigenvalue weighted by Gasteiger charge is -1.97. The fourth-order valence-corrected chi connectivity index (χ4v) is 1.06. The molecule has 0 heterocycles. The van der Waals surface area contributed by atoms with E-state index in [1.165, 1.54) is 0 Å². The highest BCUT2D eigenvalue weighted by molar-refractivity contribution is 5.89. The van der Waals surface area contributed by atoms with Crippen molar-refractivity contribution in [1.82, 2.24) is 0 Å². The van der Waals surface area contributed by atoms with Crippen molar-refractivity contribution < 1.29 is 23.2 Å². The fourth-order valence-electron chi connectivity index (χ4n) is 1.06. The summed E-state index contributed by atoms with van der Waals surface area (Å²) in [6.45, 7) is 1.66. The molecule has 0 unspecified atom stereocenters. The van der Waals surface area contributed by atoms with Gasteiger partial charge in [0.15, 0.2) is 0 Å². The van der Waals surface area contributed by atoms with Crippen LogP contribution in [0.25, 0.3) is 0 Å². The van der Waals surface area contributed by atoms with Crippen molar-refractivity contribution in [1.29, 1.82) is 0 Å². The van der Waals surface area contributed by atoms with E-state index in [1.807, 2.05) is 11.8 Å². The molecule has 0 aliphatic heterocycles. The molecule has 94 valence electrons. The lowest BCUT2D eigenvalue weighted by atomic mass is 10.2. The summed E-state index contributed by atoms with van der Waals surface area (Å²) in [7, 11) is 0. The van der Waals surface area contributed by atoms with Gasteiger partial charge in [-0.2, -0.15) is 4.39 Å². The van der Waals surface area contributed by atoms with Crippen molar-refractivity contribution in [2.75, 3.05) is 6.61 Å². The molecule has 0 radical (unpaired) electrons. The Hall–Kier alpha value is -2.49. The molecular formula is C11H7F2NO4. The zero-order valence-electron chi connectivity index (χ0n) is 9.20. The predicted octanol–water partition coefficient (Wildman–Crippen LogP) is 1.79. The molecule has 7 heteroatoms. The summed E-state index contributed by atoms with van der Waals surface area (Å²) in [5, 5.41) is 10.3. The van der Waals surface area contributed by atoms with Gasteiger partial charge >= 0.3 is 11.7 Å². The molecule has 1 aromatic carbocycles. The van der Waals surface area contributed by atoms with Crippen LogP contribution in [-0.2, 0) is 9.53 Å². The predicted molar refractivity (Wildman–Crippen MR) is 56.5 cm³/mol. The van der Waals surface area contributed by atoms with E-state index in [9.17, 15) is 23.7 Å². The van der Waals surface area contributed by atoms with Crippen LogP contribution in [0.4, 0.5) is 14.5 Å². The summed E-state index contributed by atoms with van der Waals surface area (Å²) >= 11 is 0. The van der Waals surface area contributed by atoms with E-state index in [4.69, 9.17) is 0 Å².